The Morgan fingerprint density at radius 3 is 2.59 bits per heavy atom. The summed E-state index contributed by atoms with van der Waals surface area (Å²) < 4.78 is 2.23. The molecule has 1 unspecified atom stereocenters. The summed E-state index contributed by atoms with van der Waals surface area (Å²) in [5.74, 6) is 3.53. The lowest BCUT2D eigenvalue weighted by molar-refractivity contribution is -0.122. The van der Waals surface area contributed by atoms with E-state index in [1.54, 1.807) is 0 Å². The number of likely N-dealkylation sites (tertiary alicyclic amines) is 1. The normalized spacial score (nSPS) is 20.0. The number of piperidine rings is 1. The van der Waals surface area contributed by atoms with Crippen molar-refractivity contribution in [2.24, 2.45) is 0 Å². The smallest absolute Gasteiger partial charge is 0.290 e. The monoisotopic (exact) mass is 370 g/mol. The molecule has 2 heterocycles. The molecule has 4 rings (SSSR count). The zero-order chi connectivity index (χ0) is 19.1. The molecule has 1 aliphatic carbocycles. The Labute approximate surface area is 161 Å². The summed E-state index contributed by atoms with van der Waals surface area (Å²) in [6.07, 6.45) is 6.11. The number of aryl methyl sites for hydroxylation is 2. The second-order valence-electron chi connectivity index (χ2n) is 7.40. The van der Waals surface area contributed by atoms with Crippen LogP contribution in [0.1, 0.15) is 61.7 Å². The topological polar surface area (TPSA) is 71.2 Å². The van der Waals surface area contributed by atoms with Crippen LogP contribution < -0.4 is 0 Å². The summed E-state index contributed by atoms with van der Waals surface area (Å²) in [6.45, 7) is 6.48. The first-order chi connectivity index (χ1) is 13.2. The van der Waals surface area contributed by atoms with E-state index in [0.29, 0.717) is 11.8 Å². The first-order valence-corrected chi connectivity index (χ1v) is 10.0. The average Bonchev–Trinajstić information content (AvgIpc) is 3.47. The maximum atomic E-state index is 8.36. The van der Waals surface area contributed by atoms with E-state index < -0.39 is 0 Å². The highest BCUT2D eigenvalue weighted by atomic mass is 16.3. The molecule has 0 spiro atoms. The van der Waals surface area contributed by atoms with Crippen molar-refractivity contribution in [3.63, 3.8) is 0 Å². The van der Waals surface area contributed by atoms with Gasteiger partial charge in [-0.25, -0.2) is 9.67 Å². The van der Waals surface area contributed by atoms with Crippen LogP contribution in [0, 0.1) is 0 Å². The number of hydrogen-bond acceptors (Lipinski definition) is 4. The van der Waals surface area contributed by atoms with Crippen LogP contribution in [-0.4, -0.2) is 50.9 Å². The third-order valence-electron chi connectivity index (χ3n) is 5.43. The summed E-state index contributed by atoms with van der Waals surface area (Å²) >= 11 is 0. The molecule has 0 radical (unpaired) electrons. The van der Waals surface area contributed by atoms with Gasteiger partial charge in [-0.15, -0.1) is 0 Å². The average molecular weight is 370 g/mol. The predicted molar refractivity (Wildman–Crippen MR) is 105 cm³/mol. The molecule has 1 saturated heterocycles. The van der Waals surface area contributed by atoms with Gasteiger partial charge >= 0.3 is 0 Å². The Morgan fingerprint density at radius 1 is 1.19 bits per heavy atom. The Kier molecular flexibility index (Phi) is 6.98. The second-order valence-corrected chi connectivity index (χ2v) is 7.40. The fourth-order valence-electron chi connectivity index (χ4n) is 3.79. The van der Waals surface area contributed by atoms with Crippen molar-refractivity contribution in [1.29, 1.82) is 0 Å². The van der Waals surface area contributed by atoms with E-state index in [1.807, 2.05) is 0 Å². The van der Waals surface area contributed by atoms with Crippen LogP contribution in [0.3, 0.4) is 0 Å². The highest BCUT2D eigenvalue weighted by Gasteiger charge is 2.31. The van der Waals surface area contributed by atoms with Crippen LogP contribution >= 0.6 is 0 Å². The standard InChI is InChI=1S/C20H28N4.CH2O2/c1-2-23-13-6-9-18(15-23)20-21-19(17-10-11-17)22-24(20)14-12-16-7-4-3-5-8-16;2-1-3/h3-5,7-8,17-18H,2,6,9-15H2,1H3;1H,(H,2,3). The van der Waals surface area contributed by atoms with Gasteiger partial charge in [-0.2, -0.15) is 5.10 Å². The van der Waals surface area contributed by atoms with Crippen molar-refractivity contribution in [3.8, 4) is 0 Å². The maximum absolute atomic E-state index is 8.36. The lowest BCUT2D eigenvalue weighted by atomic mass is 9.97. The van der Waals surface area contributed by atoms with Crippen molar-refractivity contribution in [3.05, 3.63) is 47.5 Å². The Balaban J connectivity index is 0.000000659. The lowest BCUT2D eigenvalue weighted by Crippen LogP contribution is -2.35. The molecular formula is C21H30N4O2. The number of rotatable bonds is 6. The van der Waals surface area contributed by atoms with Gasteiger partial charge in [0, 0.05) is 24.9 Å². The molecule has 1 aliphatic heterocycles. The number of carbonyl (C=O) groups is 1. The Bertz CT molecular complexity index is 712. The minimum Gasteiger partial charge on any atom is -0.483 e. The first kappa shape index (κ1) is 19.5. The highest BCUT2D eigenvalue weighted by molar-refractivity contribution is 5.32. The summed E-state index contributed by atoms with van der Waals surface area (Å²) in [4.78, 5) is 15.9. The van der Waals surface area contributed by atoms with Gasteiger partial charge in [-0.3, -0.25) is 4.79 Å². The second kappa shape index (κ2) is 9.65. The number of hydrogen-bond donors (Lipinski definition) is 1. The van der Waals surface area contributed by atoms with Gasteiger partial charge in [0.2, 0.25) is 0 Å². The Morgan fingerprint density at radius 2 is 1.93 bits per heavy atom. The van der Waals surface area contributed by atoms with E-state index in [0.717, 1.165) is 31.9 Å². The quantitative estimate of drug-likeness (QED) is 0.790. The molecule has 1 saturated carbocycles. The molecule has 1 aromatic heterocycles. The maximum Gasteiger partial charge on any atom is 0.290 e. The van der Waals surface area contributed by atoms with Crippen LogP contribution in [0.4, 0.5) is 0 Å². The molecule has 1 N–H and O–H groups in total. The fraction of sp³-hybridized carbons (Fsp3) is 0.571. The minimum absolute atomic E-state index is 0.250. The molecule has 146 valence electrons. The van der Waals surface area contributed by atoms with Crippen molar-refractivity contribution in [2.45, 2.75) is 57.4 Å². The van der Waals surface area contributed by atoms with Gasteiger partial charge in [0.25, 0.3) is 6.47 Å². The van der Waals surface area contributed by atoms with Crippen molar-refractivity contribution in [2.75, 3.05) is 19.6 Å². The number of carboxylic acid groups (broad SMARTS) is 1. The van der Waals surface area contributed by atoms with E-state index in [2.05, 4.69) is 46.8 Å². The fourth-order valence-corrected chi connectivity index (χ4v) is 3.79. The van der Waals surface area contributed by atoms with E-state index >= 15 is 0 Å². The summed E-state index contributed by atoms with van der Waals surface area (Å²) in [7, 11) is 0. The zero-order valence-electron chi connectivity index (χ0n) is 16.1. The van der Waals surface area contributed by atoms with E-state index in [4.69, 9.17) is 20.0 Å². The van der Waals surface area contributed by atoms with Crippen molar-refractivity contribution >= 4 is 6.47 Å². The predicted octanol–water partition coefficient (Wildman–Crippen LogP) is 3.30. The third kappa shape index (κ3) is 5.39. The lowest BCUT2D eigenvalue weighted by Gasteiger charge is -2.31. The molecule has 2 fully saturated rings. The molecule has 6 nitrogen and oxygen atoms in total. The summed E-state index contributed by atoms with van der Waals surface area (Å²) in [6, 6.07) is 10.7. The zero-order valence-corrected chi connectivity index (χ0v) is 16.1. The van der Waals surface area contributed by atoms with Gasteiger partial charge in [-0.1, -0.05) is 37.3 Å². The molecule has 27 heavy (non-hydrogen) atoms. The number of likely N-dealkylation sites (N-methyl/N-ethyl adjacent to an activating group) is 1. The molecular weight excluding hydrogens is 340 g/mol. The van der Waals surface area contributed by atoms with Crippen LogP contribution in [0.2, 0.25) is 0 Å². The molecule has 2 aliphatic rings. The first-order valence-electron chi connectivity index (χ1n) is 10.0. The van der Waals surface area contributed by atoms with Gasteiger partial charge in [0.1, 0.15) is 5.82 Å². The SMILES string of the molecule is CCN1CCCC(c2nc(C3CC3)nn2CCc2ccccc2)C1.O=CO. The molecule has 6 heteroatoms. The molecule has 2 aromatic rings. The third-order valence-corrected chi connectivity index (χ3v) is 5.43. The highest BCUT2D eigenvalue weighted by Crippen LogP contribution is 2.39. The van der Waals surface area contributed by atoms with E-state index in [-0.39, 0.29) is 6.47 Å². The van der Waals surface area contributed by atoms with Gasteiger partial charge < -0.3 is 10.0 Å². The van der Waals surface area contributed by atoms with Crippen LogP contribution in [0.5, 0.6) is 0 Å². The largest absolute Gasteiger partial charge is 0.483 e. The number of benzene rings is 1. The molecule has 1 atom stereocenters. The van der Waals surface area contributed by atoms with Crippen LogP contribution in [0.15, 0.2) is 30.3 Å². The number of nitrogens with zero attached hydrogens (tertiary/aromatic N) is 4. The van der Waals surface area contributed by atoms with E-state index in [9.17, 15) is 0 Å². The van der Waals surface area contributed by atoms with E-state index in [1.165, 1.54) is 43.6 Å². The van der Waals surface area contributed by atoms with Crippen molar-refractivity contribution in [1.82, 2.24) is 19.7 Å². The van der Waals surface area contributed by atoms with Gasteiger partial charge in [-0.05, 0) is 50.8 Å². The summed E-state index contributed by atoms with van der Waals surface area (Å²) in [5.41, 5.74) is 1.38. The Hall–Kier alpha value is -2.21. The molecule has 0 amide bonds. The summed E-state index contributed by atoms with van der Waals surface area (Å²) in [5, 5.41) is 11.8. The van der Waals surface area contributed by atoms with Gasteiger partial charge in [0.15, 0.2) is 5.82 Å². The van der Waals surface area contributed by atoms with Crippen LogP contribution in [0.25, 0.3) is 0 Å². The van der Waals surface area contributed by atoms with Gasteiger partial charge in [0.05, 0.1) is 0 Å². The molecule has 1 aromatic carbocycles. The van der Waals surface area contributed by atoms with Crippen LogP contribution in [-0.2, 0) is 17.8 Å². The number of aromatic nitrogens is 3. The van der Waals surface area contributed by atoms with Crippen molar-refractivity contribution < 1.29 is 9.90 Å². The molecule has 0 bridgehead atoms. The minimum atomic E-state index is -0.250.